The van der Waals surface area contributed by atoms with E-state index in [0.29, 0.717) is 13.2 Å². The molecule has 25 heavy (non-hydrogen) atoms. The molecule has 0 aliphatic rings. The lowest BCUT2D eigenvalue weighted by Crippen LogP contribution is -2.40. The first kappa shape index (κ1) is 19.1. The second kappa shape index (κ2) is 9.27. The van der Waals surface area contributed by atoms with Crippen molar-refractivity contribution in [2.45, 2.75) is 20.4 Å². The first-order valence-corrected chi connectivity index (χ1v) is 8.96. The number of guanidine groups is 1. The van der Waals surface area contributed by atoms with Crippen LogP contribution in [-0.4, -0.2) is 50.2 Å². The van der Waals surface area contributed by atoms with E-state index in [0.717, 1.165) is 34.7 Å². The Kier molecular flexibility index (Phi) is 7.06. The smallest absolute Gasteiger partial charge is 0.193 e. The fourth-order valence-corrected chi connectivity index (χ4v) is 3.11. The molecule has 2 rings (SSSR count). The number of aliphatic imine (C=N–C) groups is 1. The molecule has 0 atom stereocenters. The van der Waals surface area contributed by atoms with Gasteiger partial charge >= 0.3 is 0 Å². The third-order valence-corrected chi connectivity index (χ3v) is 4.87. The van der Waals surface area contributed by atoms with Crippen LogP contribution in [0.25, 0.3) is 0 Å². The van der Waals surface area contributed by atoms with Gasteiger partial charge in [-0.2, -0.15) is 0 Å². The lowest BCUT2D eigenvalue weighted by Gasteiger charge is -2.21. The number of aryl methyl sites for hydroxylation is 2. The first-order valence-electron chi connectivity index (χ1n) is 8.15. The molecular formula is C18H26N4O2S. The quantitative estimate of drug-likeness (QED) is 0.606. The summed E-state index contributed by atoms with van der Waals surface area (Å²) in [6.07, 6.45) is 0. The van der Waals surface area contributed by atoms with E-state index >= 15 is 0 Å². The van der Waals surface area contributed by atoms with Gasteiger partial charge in [-0.1, -0.05) is 0 Å². The molecular weight excluding hydrogens is 336 g/mol. The van der Waals surface area contributed by atoms with E-state index in [1.54, 1.807) is 25.5 Å². The third kappa shape index (κ3) is 5.63. The number of nitrogens with one attached hydrogen (secondary N) is 1. The maximum absolute atomic E-state index is 5.76. The SMILES string of the molecule is CN=C(NCc1nc(C)c(C)s1)N(C)CCOc1ccc(OC)cc1. The number of nitrogens with zero attached hydrogens (tertiary/aromatic N) is 3. The molecule has 1 aromatic heterocycles. The number of hydrogen-bond donors (Lipinski definition) is 1. The fourth-order valence-electron chi connectivity index (χ4n) is 2.23. The van der Waals surface area contributed by atoms with E-state index in [1.165, 1.54) is 4.88 Å². The number of likely N-dealkylation sites (N-methyl/N-ethyl adjacent to an activating group) is 1. The summed E-state index contributed by atoms with van der Waals surface area (Å²) in [5.41, 5.74) is 1.10. The van der Waals surface area contributed by atoms with Crippen LogP contribution in [0.5, 0.6) is 11.5 Å². The van der Waals surface area contributed by atoms with Crippen LogP contribution in [-0.2, 0) is 6.54 Å². The van der Waals surface area contributed by atoms with E-state index in [-0.39, 0.29) is 0 Å². The predicted octanol–water partition coefficient (Wildman–Crippen LogP) is 2.85. The molecule has 7 heteroatoms. The average molecular weight is 362 g/mol. The van der Waals surface area contributed by atoms with Gasteiger partial charge in [0.15, 0.2) is 5.96 Å². The van der Waals surface area contributed by atoms with Crippen molar-refractivity contribution in [1.82, 2.24) is 15.2 Å². The van der Waals surface area contributed by atoms with Gasteiger partial charge in [-0.15, -0.1) is 11.3 Å². The molecule has 0 aliphatic heterocycles. The summed E-state index contributed by atoms with van der Waals surface area (Å²) in [5.74, 6) is 2.47. The van der Waals surface area contributed by atoms with Crippen LogP contribution in [0.4, 0.5) is 0 Å². The molecule has 0 radical (unpaired) electrons. The zero-order valence-corrected chi connectivity index (χ0v) is 16.3. The van der Waals surface area contributed by atoms with Gasteiger partial charge < -0.3 is 19.7 Å². The molecule has 0 amide bonds. The van der Waals surface area contributed by atoms with Crippen LogP contribution >= 0.6 is 11.3 Å². The molecule has 1 N–H and O–H groups in total. The Balaban J connectivity index is 1.77. The maximum Gasteiger partial charge on any atom is 0.193 e. The molecule has 0 aliphatic carbocycles. The number of aromatic nitrogens is 1. The topological polar surface area (TPSA) is 59.0 Å². The lowest BCUT2D eigenvalue weighted by molar-refractivity contribution is 0.281. The van der Waals surface area contributed by atoms with E-state index in [9.17, 15) is 0 Å². The van der Waals surface area contributed by atoms with Crippen molar-refractivity contribution >= 4 is 17.3 Å². The number of hydrogen-bond acceptors (Lipinski definition) is 5. The minimum atomic E-state index is 0.568. The van der Waals surface area contributed by atoms with Crippen molar-refractivity contribution in [3.8, 4) is 11.5 Å². The summed E-state index contributed by atoms with van der Waals surface area (Å²) >= 11 is 1.71. The van der Waals surface area contributed by atoms with Crippen molar-refractivity contribution in [3.05, 3.63) is 39.8 Å². The van der Waals surface area contributed by atoms with Gasteiger partial charge in [-0.25, -0.2) is 4.98 Å². The summed E-state index contributed by atoms with van der Waals surface area (Å²) in [6, 6.07) is 7.58. The van der Waals surface area contributed by atoms with Gasteiger partial charge in [-0.05, 0) is 38.1 Å². The molecule has 1 aromatic carbocycles. The fraction of sp³-hybridized carbons (Fsp3) is 0.444. The molecule has 0 bridgehead atoms. The Morgan fingerprint density at radius 1 is 1.24 bits per heavy atom. The van der Waals surface area contributed by atoms with Crippen LogP contribution in [0, 0.1) is 13.8 Å². The van der Waals surface area contributed by atoms with Crippen molar-refractivity contribution in [3.63, 3.8) is 0 Å². The molecule has 1 heterocycles. The Bertz CT molecular complexity index is 678. The zero-order valence-electron chi connectivity index (χ0n) is 15.5. The normalized spacial score (nSPS) is 11.3. The van der Waals surface area contributed by atoms with Gasteiger partial charge in [0, 0.05) is 19.0 Å². The molecule has 0 spiro atoms. The van der Waals surface area contributed by atoms with Crippen LogP contribution < -0.4 is 14.8 Å². The number of thiazole rings is 1. The Hall–Kier alpha value is -2.28. The van der Waals surface area contributed by atoms with Gasteiger partial charge in [0.2, 0.25) is 0 Å². The summed E-state index contributed by atoms with van der Waals surface area (Å²) in [5, 5.41) is 4.41. The molecule has 6 nitrogen and oxygen atoms in total. The van der Waals surface area contributed by atoms with E-state index in [4.69, 9.17) is 9.47 Å². The molecule has 0 unspecified atom stereocenters. The van der Waals surface area contributed by atoms with Crippen molar-refractivity contribution in [1.29, 1.82) is 0 Å². The molecule has 0 fully saturated rings. The van der Waals surface area contributed by atoms with Crippen LogP contribution in [0.15, 0.2) is 29.3 Å². The highest BCUT2D eigenvalue weighted by molar-refractivity contribution is 7.11. The van der Waals surface area contributed by atoms with Crippen LogP contribution in [0.3, 0.4) is 0 Å². The highest BCUT2D eigenvalue weighted by Gasteiger charge is 2.08. The van der Waals surface area contributed by atoms with E-state index < -0.39 is 0 Å². The highest BCUT2D eigenvalue weighted by atomic mass is 32.1. The number of ether oxygens (including phenoxy) is 2. The van der Waals surface area contributed by atoms with Crippen molar-refractivity contribution < 1.29 is 9.47 Å². The molecule has 136 valence electrons. The lowest BCUT2D eigenvalue weighted by atomic mass is 10.3. The van der Waals surface area contributed by atoms with Crippen LogP contribution in [0.1, 0.15) is 15.6 Å². The summed E-state index contributed by atoms with van der Waals surface area (Å²) in [7, 11) is 5.42. The second-order valence-corrected chi connectivity index (χ2v) is 6.88. The van der Waals surface area contributed by atoms with Crippen molar-refractivity contribution in [2.75, 3.05) is 34.4 Å². The van der Waals surface area contributed by atoms with Crippen LogP contribution in [0.2, 0.25) is 0 Å². The van der Waals surface area contributed by atoms with E-state index in [2.05, 4.69) is 22.2 Å². The summed E-state index contributed by atoms with van der Waals surface area (Å²) in [6.45, 7) is 6.09. The minimum absolute atomic E-state index is 0.568. The zero-order chi connectivity index (χ0) is 18.2. The van der Waals surface area contributed by atoms with Crippen molar-refractivity contribution in [2.24, 2.45) is 4.99 Å². The molecule has 0 saturated carbocycles. The standard InChI is InChI=1S/C18H26N4O2S/c1-13-14(2)25-17(21-13)12-20-18(19-3)22(4)10-11-24-16-8-6-15(23-5)7-9-16/h6-9H,10-12H2,1-5H3,(H,19,20). The molecule has 2 aromatic rings. The Labute approximate surface area is 153 Å². The van der Waals surface area contributed by atoms with Gasteiger partial charge in [0.1, 0.15) is 23.1 Å². The largest absolute Gasteiger partial charge is 0.497 e. The number of rotatable bonds is 7. The summed E-state index contributed by atoms with van der Waals surface area (Å²) in [4.78, 5) is 12.2. The third-order valence-electron chi connectivity index (χ3n) is 3.80. The minimum Gasteiger partial charge on any atom is -0.497 e. The van der Waals surface area contributed by atoms with Gasteiger partial charge in [-0.3, -0.25) is 4.99 Å². The Morgan fingerprint density at radius 2 is 1.92 bits per heavy atom. The maximum atomic E-state index is 5.76. The number of methoxy groups -OCH3 is 1. The Morgan fingerprint density at radius 3 is 2.48 bits per heavy atom. The monoisotopic (exact) mass is 362 g/mol. The van der Waals surface area contributed by atoms with E-state index in [1.807, 2.05) is 43.1 Å². The highest BCUT2D eigenvalue weighted by Crippen LogP contribution is 2.17. The first-order chi connectivity index (χ1) is 12.0. The van der Waals surface area contributed by atoms with Gasteiger partial charge in [0.05, 0.1) is 25.9 Å². The summed E-state index contributed by atoms with van der Waals surface area (Å²) < 4.78 is 10.9. The van der Waals surface area contributed by atoms with Gasteiger partial charge in [0.25, 0.3) is 0 Å². The molecule has 0 saturated heterocycles. The second-order valence-electron chi connectivity index (χ2n) is 5.60. The number of benzene rings is 1. The predicted molar refractivity (Wildman–Crippen MR) is 103 cm³/mol. The average Bonchev–Trinajstić information content (AvgIpc) is 2.94.